The Hall–Kier alpha value is -1.59. The van der Waals surface area contributed by atoms with Gasteiger partial charge in [0.2, 0.25) is 5.91 Å². The van der Waals surface area contributed by atoms with Crippen LogP contribution >= 0.6 is 12.4 Å². The maximum absolute atomic E-state index is 12.7. The van der Waals surface area contributed by atoms with E-state index in [1.54, 1.807) is 6.07 Å². The number of likely N-dealkylation sites (tertiary alicyclic amines) is 1. The average molecular weight is 324 g/mol. The number of aryl methyl sites for hydroxylation is 1. The van der Waals surface area contributed by atoms with E-state index in [1.807, 2.05) is 17.0 Å². The van der Waals surface area contributed by atoms with Crippen LogP contribution in [0.15, 0.2) is 18.2 Å². The summed E-state index contributed by atoms with van der Waals surface area (Å²) in [5.74, 6) is 0.513. The number of amides is 2. The summed E-state index contributed by atoms with van der Waals surface area (Å²) in [6.45, 7) is 3.45. The molecular formula is C16H22ClN3O2. The van der Waals surface area contributed by atoms with Gasteiger partial charge in [0.1, 0.15) is 0 Å². The minimum absolute atomic E-state index is 0. The molecule has 1 fully saturated rings. The van der Waals surface area contributed by atoms with Crippen molar-refractivity contribution in [3.63, 3.8) is 0 Å². The summed E-state index contributed by atoms with van der Waals surface area (Å²) in [5.41, 5.74) is 8.30. The van der Waals surface area contributed by atoms with E-state index in [-0.39, 0.29) is 30.3 Å². The number of nitrogens with zero attached hydrogens (tertiary/aromatic N) is 1. The Labute approximate surface area is 136 Å². The normalized spacial score (nSPS) is 23.5. The number of rotatable bonds is 2. The minimum Gasteiger partial charge on any atom is -0.336 e. The molecule has 1 saturated heterocycles. The number of benzene rings is 1. The standard InChI is InChI=1S/C16H21N3O2.ClH/c1-10-6-11(8-17)9-19(10)16(21)13-2-4-14-12(7-13)3-5-15(20)18-14;/h2,4,7,10-11H,3,5-6,8-9,17H2,1H3,(H,18,20);1H. The molecule has 3 rings (SSSR count). The van der Waals surface area contributed by atoms with Crippen LogP contribution in [0.2, 0.25) is 0 Å². The quantitative estimate of drug-likeness (QED) is 0.871. The summed E-state index contributed by atoms with van der Waals surface area (Å²) in [7, 11) is 0. The number of nitrogens with one attached hydrogen (secondary N) is 1. The van der Waals surface area contributed by atoms with Gasteiger partial charge in [-0.3, -0.25) is 9.59 Å². The first-order valence-electron chi connectivity index (χ1n) is 7.52. The van der Waals surface area contributed by atoms with Crippen LogP contribution in [0.25, 0.3) is 0 Å². The van der Waals surface area contributed by atoms with E-state index in [0.29, 0.717) is 30.9 Å². The summed E-state index contributed by atoms with van der Waals surface area (Å²) in [4.78, 5) is 26.0. The van der Waals surface area contributed by atoms with Crippen molar-refractivity contribution in [3.05, 3.63) is 29.3 Å². The molecule has 2 aliphatic heterocycles. The van der Waals surface area contributed by atoms with Gasteiger partial charge in [0.25, 0.3) is 5.91 Å². The lowest BCUT2D eigenvalue weighted by atomic mass is 10.00. The van der Waals surface area contributed by atoms with Gasteiger partial charge in [-0.1, -0.05) is 0 Å². The zero-order valence-electron chi connectivity index (χ0n) is 12.7. The summed E-state index contributed by atoms with van der Waals surface area (Å²) in [6.07, 6.45) is 2.16. The second kappa shape index (κ2) is 6.67. The molecule has 0 saturated carbocycles. The van der Waals surface area contributed by atoms with Gasteiger partial charge in [0.05, 0.1) is 0 Å². The molecule has 2 atom stereocenters. The average Bonchev–Trinajstić information content (AvgIpc) is 2.87. The Morgan fingerprint density at radius 2 is 2.18 bits per heavy atom. The monoisotopic (exact) mass is 323 g/mol. The molecule has 120 valence electrons. The highest BCUT2D eigenvalue weighted by molar-refractivity contribution is 5.98. The fourth-order valence-corrected chi connectivity index (χ4v) is 3.28. The number of hydrogen-bond donors (Lipinski definition) is 2. The van der Waals surface area contributed by atoms with Gasteiger partial charge in [-0.15, -0.1) is 12.4 Å². The summed E-state index contributed by atoms with van der Waals surface area (Å²) >= 11 is 0. The lowest BCUT2D eigenvalue weighted by molar-refractivity contribution is -0.116. The first-order chi connectivity index (χ1) is 10.1. The lowest BCUT2D eigenvalue weighted by Gasteiger charge is -2.23. The number of halogens is 1. The third-order valence-electron chi connectivity index (χ3n) is 4.50. The van der Waals surface area contributed by atoms with Gasteiger partial charge in [0.15, 0.2) is 0 Å². The number of anilines is 1. The fourth-order valence-electron chi connectivity index (χ4n) is 3.28. The summed E-state index contributed by atoms with van der Waals surface area (Å²) in [6, 6.07) is 5.79. The highest BCUT2D eigenvalue weighted by Crippen LogP contribution is 2.27. The molecule has 3 N–H and O–H groups in total. The second-order valence-electron chi connectivity index (χ2n) is 6.06. The zero-order valence-corrected chi connectivity index (χ0v) is 13.5. The molecule has 0 spiro atoms. The van der Waals surface area contributed by atoms with E-state index in [0.717, 1.165) is 24.2 Å². The largest absolute Gasteiger partial charge is 0.336 e. The van der Waals surface area contributed by atoms with E-state index >= 15 is 0 Å². The third-order valence-corrected chi connectivity index (χ3v) is 4.50. The smallest absolute Gasteiger partial charge is 0.254 e. The molecule has 2 amide bonds. The van der Waals surface area contributed by atoms with Crippen LogP contribution in [-0.4, -0.2) is 35.8 Å². The summed E-state index contributed by atoms with van der Waals surface area (Å²) in [5, 5.41) is 2.84. The molecule has 2 unspecified atom stereocenters. The van der Waals surface area contributed by atoms with E-state index in [2.05, 4.69) is 12.2 Å². The van der Waals surface area contributed by atoms with E-state index in [4.69, 9.17) is 5.73 Å². The van der Waals surface area contributed by atoms with Gasteiger partial charge < -0.3 is 16.0 Å². The predicted octanol–water partition coefficient (Wildman–Crippen LogP) is 1.80. The number of fused-ring (bicyclic) bond motifs is 1. The maximum atomic E-state index is 12.7. The Kier molecular flexibility index (Phi) is 5.08. The molecule has 5 nitrogen and oxygen atoms in total. The topological polar surface area (TPSA) is 75.4 Å². The second-order valence-corrected chi connectivity index (χ2v) is 6.06. The number of hydrogen-bond acceptors (Lipinski definition) is 3. The van der Waals surface area contributed by atoms with Crippen LogP contribution in [0.3, 0.4) is 0 Å². The van der Waals surface area contributed by atoms with Gasteiger partial charge in [-0.25, -0.2) is 0 Å². The van der Waals surface area contributed by atoms with Crippen molar-refractivity contribution in [2.45, 2.75) is 32.2 Å². The van der Waals surface area contributed by atoms with Crippen molar-refractivity contribution < 1.29 is 9.59 Å². The van der Waals surface area contributed by atoms with Crippen LogP contribution in [0.5, 0.6) is 0 Å². The zero-order chi connectivity index (χ0) is 15.0. The third kappa shape index (κ3) is 3.10. The predicted molar refractivity (Wildman–Crippen MR) is 88.3 cm³/mol. The van der Waals surface area contributed by atoms with Gasteiger partial charge in [0, 0.05) is 30.3 Å². The van der Waals surface area contributed by atoms with Crippen molar-refractivity contribution in [2.24, 2.45) is 11.7 Å². The van der Waals surface area contributed by atoms with E-state index in [9.17, 15) is 9.59 Å². The van der Waals surface area contributed by atoms with Crippen molar-refractivity contribution in [1.29, 1.82) is 0 Å². The highest BCUT2D eigenvalue weighted by atomic mass is 35.5. The van der Waals surface area contributed by atoms with Crippen LogP contribution in [-0.2, 0) is 11.2 Å². The molecule has 2 aliphatic rings. The molecule has 6 heteroatoms. The van der Waals surface area contributed by atoms with Gasteiger partial charge in [-0.2, -0.15) is 0 Å². The maximum Gasteiger partial charge on any atom is 0.254 e. The van der Waals surface area contributed by atoms with Gasteiger partial charge >= 0.3 is 0 Å². The number of carbonyl (C=O) groups is 2. The van der Waals surface area contributed by atoms with Crippen molar-refractivity contribution in [1.82, 2.24) is 4.90 Å². The van der Waals surface area contributed by atoms with E-state index < -0.39 is 0 Å². The first kappa shape index (κ1) is 16.8. The van der Waals surface area contributed by atoms with Crippen LogP contribution < -0.4 is 11.1 Å². The molecule has 22 heavy (non-hydrogen) atoms. The Balaban J connectivity index is 0.00000176. The SMILES string of the molecule is CC1CC(CN)CN1C(=O)c1ccc2c(c1)CCC(=O)N2.Cl. The molecule has 1 aromatic carbocycles. The molecule has 0 aromatic heterocycles. The molecule has 2 heterocycles. The van der Waals surface area contributed by atoms with Crippen molar-refractivity contribution >= 4 is 29.9 Å². The van der Waals surface area contributed by atoms with Crippen molar-refractivity contribution in [3.8, 4) is 0 Å². The molecule has 1 aromatic rings. The lowest BCUT2D eigenvalue weighted by Crippen LogP contribution is -2.34. The van der Waals surface area contributed by atoms with Gasteiger partial charge in [-0.05, 0) is 56.0 Å². The molecular weight excluding hydrogens is 302 g/mol. The first-order valence-corrected chi connectivity index (χ1v) is 7.52. The van der Waals surface area contributed by atoms with Crippen LogP contribution in [0, 0.1) is 5.92 Å². The van der Waals surface area contributed by atoms with Crippen LogP contribution in [0.1, 0.15) is 35.7 Å². The Morgan fingerprint density at radius 1 is 1.41 bits per heavy atom. The van der Waals surface area contributed by atoms with Crippen molar-refractivity contribution in [2.75, 3.05) is 18.4 Å². The molecule has 0 bridgehead atoms. The van der Waals surface area contributed by atoms with E-state index in [1.165, 1.54) is 0 Å². The Morgan fingerprint density at radius 3 is 2.86 bits per heavy atom. The Bertz CT molecular complexity index is 591. The van der Waals surface area contributed by atoms with Crippen LogP contribution in [0.4, 0.5) is 5.69 Å². The number of nitrogens with two attached hydrogens (primary N) is 1. The highest BCUT2D eigenvalue weighted by Gasteiger charge is 2.32. The minimum atomic E-state index is 0. The fraction of sp³-hybridized carbons (Fsp3) is 0.500. The number of carbonyl (C=O) groups excluding carboxylic acids is 2. The summed E-state index contributed by atoms with van der Waals surface area (Å²) < 4.78 is 0. The molecule has 0 radical (unpaired) electrons. The molecule has 0 aliphatic carbocycles.